The van der Waals surface area contributed by atoms with E-state index in [-0.39, 0.29) is 5.69 Å². The Hall–Kier alpha value is -2.15. The third-order valence-corrected chi connectivity index (χ3v) is 2.18. The van der Waals surface area contributed by atoms with Gasteiger partial charge in [0.05, 0.1) is 13.7 Å². The van der Waals surface area contributed by atoms with Crippen LogP contribution in [-0.2, 0) is 13.1 Å². The number of ether oxygens (including phenoxy) is 1. The van der Waals surface area contributed by atoms with E-state index in [1.807, 2.05) is 6.07 Å². The van der Waals surface area contributed by atoms with Gasteiger partial charge in [-0.25, -0.2) is 14.9 Å². The minimum atomic E-state index is -0.298. The zero-order valence-corrected chi connectivity index (χ0v) is 9.36. The molecule has 0 bridgehead atoms. The van der Waals surface area contributed by atoms with Crippen LogP contribution in [0.4, 0.5) is 0 Å². The Kier molecular flexibility index (Phi) is 3.51. The number of nitrogens with one attached hydrogen (secondary N) is 3. The number of rotatable bonds is 5. The predicted octanol–water partition coefficient (Wildman–Crippen LogP) is -0.209. The molecule has 0 saturated carbocycles. The van der Waals surface area contributed by atoms with E-state index in [0.717, 1.165) is 5.56 Å². The van der Waals surface area contributed by atoms with E-state index in [1.54, 1.807) is 19.4 Å². The molecule has 0 aliphatic rings. The number of H-pyrrole nitrogens is 2. The summed E-state index contributed by atoms with van der Waals surface area (Å²) in [7, 11) is 1.58. The first-order valence-corrected chi connectivity index (χ1v) is 5.11. The molecule has 0 radical (unpaired) electrons. The summed E-state index contributed by atoms with van der Waals surface area (Å²) in [5.41, 5.74) is 0.733. The second kappa shape index (κ2) is 5.26. The van der Waals surface area contributed by atoms with E-state index in [4.69, 9.17) is 4.74 Å². The SMILES string of the molecule is COc1ccc(CNCc2n[nH]c(=O)[nH]2)cn1. The molecular formula is C10H13N5O2. The predicted molar refractivity (Wildman–Crippen MR) is 60.5 cm³/mol. The lowest BCUT2D eigenvalue weighted by atomic mass is 10.3. The highest BCUT2D eigenvalue weighted by Crippen LogP contribution is 2.06. The number of methoxy groups -OCH3 is 1. The number of aromatic amines is 2. The largest absolute Gasteiger partial charge is 0.481 e. The molecule has 0 fully saturated rings. The molecule has 0 aliphatic heterocycles. The molecule has 2 heterocycles. The third kappa shape index (κ3) is 3.15. The molecule has 0 aliphatic carbocycles. The van der Waals surface area contributed by atoms with Crippen LogP contribution >= 0.6 is 0 Å². The Bertz CT molecular complexity index is 516. The van der Waals surface area contributed by atoms with Gasteiger partial charge in [-0.2, -0.15) is 5.10 Å². The van der Waals surface area contributed by atoms with Crippen molar-refractivity contribution in [2.24, 2.45) is 0 Å². The van der Waals surface area contributed by atoms with Crippen LogP contribution in [0.15, 0.2) is 23.1 Å². The molecule has 0 spiro atoms. The van der Waals surface area contributed by atoms with Gasteiger partial charge in [0.25, 0.3) is 0 Å². The van der Waals surface area contributed by atoms with E-state index in [1.165, 1.54) is 0 Å². The second-order valence-corrected chi connectivity index (χ2v) is 3.44. The summed E-state index contributed by atoms with van der Waals surface area (Å²) in [4.78, 5) is 17.4. The molecule has 2 aromatic rings. The molecule has 0 amide bonds. The van der Waals surface area contributed by atoms with E-state index < -0.39 is 0 Å². The zero-order chi connectivity index (χ0) is 12.1. The molecule has 2 rings (SSSR count). The highest BCUT2D eigenvalue weighted by Gasteiger charge is 1.98. The molecule has 7 heteroatoms. The van der Waals surface area contributed by atoms with Gasteiger partial charge in [0.15, 0.2) is 0 Å². The van der Waals surface area contributed by atoms with E-state index in [2.05, 4.69) is 25.5 Å². The summed E-state index contributed by atoms with van der Waals surface area (Å²) in [6.45, 7) is 1.14. The van der Waals surface area contributed by atoms with Crippen LogP contribution in [-0.4, -0.2) is 27.3 Å². The fraction of sp³-hybridized carbons (Fsp3) is 0.300. The van der Waals surface area contributed by atoms with Gasteiger partial charge in [0.1, 0.15) is 5.82 Å². The van der Waals surface area contributed by atoms with Crippen LogP contribution in [0.2, 0.25) is 0 Å². The topological polar surface area (TPSA) is 95.7 Å². The number of nitrogens with zero attached hydrogens (tertiary/aromatic N) is 2. The molecule has 3 N–H and O–H groups in total. The smallest absolute Gasteiger partial charge is 0.340 e. The average Bonchev–Trinajstić information content (AvgIpc) is 2.76. The molecule has 90 valence electrons. The fourth-order valence-electron chi connectivity index (χ4n) is 1.35. The second-order valence-electron chi connectivity index (χ2n) is 3.44. The minimum absolute atomic E-state index is 0.298. The third-order valence-electron chi connectivity index (χ3n) is 2.18. The first kappa shape index (κ1) is 11.3. The van der Waals surface area contributed by atoms with Crippen LogP contribution < -0.4 is 15.7 Å². The first-order chi connectivity index (χ1) is 8.28. The summed E-state index contributed by atoms with van der Waals surface area (Å²) in [5.74, 6) is 1.17. The Morgan fingerprint density at radius 2 is 2.29 bits per heavy atom. The maximum atomic E-state index is 10.8. The lowest BCUT2D eigenvalue weighted by Crippen LogP contribution is -2.14. The molecule has 2 aromatic heterocycles. The summed E-state index contributed by atoms with van der Waals surface area (Å²) in [5, 5.41) is 9.22. The lowest BCUT2D eigenvalue weighted by molar-refractivity contribution is 0.397. The maximum absolute atomic E-state index is 10.8. The van der Waals surface area contributed by atoms with Crippen molar-refractivity contribution in [3.63, 3.8) is 0 Å². The first-order valence-electron chi connectivity index (χ1n) is 5.11. The maximum Gasteiger partial charge on any atom is 0.340 e. The van der Waals surface area contributed by atoms with Crippen molar-refractivity contribution < 1.29 is 4.74 Å². The van der Waals surface area contributed by atoms with Crippen molar-refractivity contribution in [2.75, 3.05) is 7.11 Å². The summed E-state index contributed by atoms with van der Waals surface area (Å²) >= 11 is 0. The number of hydrogen-bond acceptors (Lipinski definition) is 5. The van der Waals surface area contributed by atoms with Gasteiger partial charge >= 0.3 is 5.69 Å². The highest BCUT2D eigenvalue weighted by atomic mass is 16.5. The minimum Gasteiger partial charge on any atom is -0.481 e. The van der Waals surface area contributed by atoms with Gasteiger partial charge in [0.2, 0.25) is 5.88 Å². The Labute approximate surface area is 97.2 Å². The van der Waals surface area contributed by atoms with Crippen LogP contribution in [0.5, 0.6) is 5.88 Å². The normalized spacial score (nSPS) is 10.4. The number of hydrogen-bond donors (Lipinski definition) is 3. The van der Waals surface area contributed by atoms with Crippen molar-refractivity contribution >= 4 is 0 Å². The quantitative estimate of drug-likeness (QED) is 0.666. The summed E-state index contributed by atoms with van der Waals surface area (Å²) in [6, 6.07) is 3.72. The van der Waals surface area contributed by atoms with E-state index in [9.17, 15) is 4.79 Å². The lowest BCUT2D eigenvalue weighted by Gasteiger charge is -2.03. The Balaban J connectivity index is 1.83. The summed E-state index contributed by atoms with van der Waals surface area (Å²) < 4.78 is 4.96. The average molecular weight is 235 g/mol. The molecular weight excluding hydrogens is 222 g/mol. The molecule has 0 saturated heterocycles. The Morgan fingerprint density at radius 3 is 2.88 bits per heavy atom. The summed E-state index contributed by atoms with van der Waals surface area (Å²) in [6.07, 6.45) is 1.74. The van der Waals surface area contributed by atoms with Crippen LogP contribution in [0, 0.1) is 0 Å². The van der Waals surface area contributed by atoms with Crippen LogP contribution in [0.3, 0.4) is 0 Å². The van der Waals surface area contributed by atoms with Crippen molar-refractivity contribution in [3.05, 3.63) is 40.2 Å². The van der Waals surface area contributed by atoms with Gasteiger partial charge in [-0.15, -0.1) is 0 Å². The monoisotopic (exact) mass is 235 g/mol. The highest BCUT2D eigenvalue weighted by molar-refractivity contribution is 5.17. The van der Waals surface area contributed by atoms with Crippen molar-refractivity contribution in [1.29, 1.82) is 0 Å². The van der Waals surface area contributed by atoms with Gasteiger partial charge in [-0.3, -0.25) is 4.98 Å². The van der Waals surface area contributed by atoms with Crippen molar-refractivity contribution in [3.8, 4) is 5.88 Å². The van der Waals surface area contributed by atoms with Crippen molar-refractivity contribution in [1.82, 2.24) is 25.5 Å². The Morgan fingerprint density at radius 1 is 1.41 bits per heavy atom. The van der Waals surface area contributed by atoms with Gasteiger partial charge in [-0.1, -0.05) is 6.07 Å². The zero-order valence-electron chi connectivity index (χ0n) is 9.36. The van der Waals surface area contributed by atoms with Gasteiger partial charge in [-0.05, 0) is 5.56 Å². The van der Waals surface area contributed by atoms with E-state index >= 15 is 0 Å². The van der Waals surface area contributed by atoms with E-state index in [0.29, 0.717) is 24.8 Å². The molecule has 0 unspecified atom stereocenters. The molecule has 17 heavy (non-hydrogen) atoms. The van der Waals surface area contributed by atoms with Gasteiger partial charge < -0.3 is 10.1 Å². The number of aromatic nitrogens is 4. The fourth-order valence-corrected chi connectivity index (χ4v) is 1.35. The number of pyridine rings is 1. The van der Waals surface area contributed by atoms with Crippen LogP contribution in [0.1, 0.15) is 11.4 Å². The molecule has 0 atom stereocenters. The van der Waals surface area contributed by atoms with Gasteiger partial charge in [0, 0.05) is 18.8 Å². The van der Waals surface area contributed by atoms with Crippen LogP contribution in [0.25, 0.3) is 0 Å². The van der Waals surface area contributed by atoms with Crippen molar-refractivity contribution in [2.45, 2.75) is 13.1 Å². The molecule has 0 aromatic carbocycles. The standard InChI is InChI=1S/C10H13N5O2/c1-17-9-3-2-7(5-12-9)4-11-6-8-13-10(16)15-14-8/h2-3,5,11H,4,6H2,1H3,(H2,13,14,15,16). The molecule has 7 nitrogen and oxygen atoms in total.